The fourth-order valence-corrected chi connectivity index (χ4v) is 4.47. The predicted molar refractivity (Wildman–Crippen MR) is 104 cm³/mol. The fraction of sp³-hybridized carbons (Fsp3) is 0.350. The van der Waals surface area contributed by atoms with Crippen LogP contribution in [0.3, 0.4) is 0 Å². The topological polar surface area (TPSA) is 66.5 Å². The van der Waals surface area contributed by atoms with E-state index >= 15 is 0 Å². The van der Waals surface area contributed by atoms with Gasteiger partial charge in [-0.05, 0) is 31.4 Å². The van der Waals surface area contributed by atoms with Crippen molar-refractivity contribution in [2.75, 3.05) is 24.2 Å². The number of benzene rings is 2. The van der Waals surface area contributed by atoms with E-state index in [9.17, 15) is 13.2 Å². The monoisotopic (exact) mass is 372 g/mol. The van der Waals surface area contributed by atoms with Gasteiger partial charge in [0.2, 0.25) is 15.9 Å². The standard InChI is InChI=1S/C20H24N2O3S/c1-2-26(24,25)22-14-8-11-17(15-22)20(23)21-19-13-7-6-12-18(19)16-9-4-3-5-10-16/h3-7,9-10,12-13,17H,2,8,11,14-15H2,1H3,(H,21,23)/t17-/m1/s1. The van der Waals surface area contributed by atoms with E-state index in [2.05, 4.69) is 5.32 Å². The molecule has 26 heavy (non-hydrogen) atoms. The van der Waals surface area contributed by atoms with E-state index in [1.54, 1.807) is 6.92 Å². The largest absolute Gasteiger partial charge is 0.325 e. The maximum Gasteiger partial charge on any atom is 0.228 e. The van der Waals surface area contributed by atoms with Crippen LogP contribution in [0.1, 0.15) is 19.8 Å². The maximum absolute atomic E-state index is 12.8. The van der Waals surface area contributed by atoms with Crippen LogP contribution in [0.15, 0.2) is 54.6 Å². The molecule has 0 unspecified atom stereocenters. The Balaban J connectivity index is 1.77. The normalized spacial score (nSPS) is 18.4. The molecule has 0 spiro atoms. The summed E-state index contributed by atoms with van der Waals surface area (Å²) in [7, 11) is -3.26. The van der Waals surface area contributed by atoms with Crippen LogP contribution >= 0.6 is 0 Å². The van der Waals surface area contributed by atoms with Crippen molar-refractivity contribution in [2.45, 2.75) is 19.8 Å². The lowest BCUT2D eigenvalue weighted by atomic mass is 9.98. The van der Waals surface area contributed by atoms with E-state index < -0.39 is 10.0 Å². The van der Waals surface area contributed by atoms with Crippen LogP contribution in [0.4, 0.5) is 5.69 Å². The number of sulfonamides is 1. The summed E-state index contributed by atoms with van der Waals surface area (Å²) in [5, 5.41) is 3.01. The van der Waals surface area contributed by atoms with Gasteiger partial charge in [-0.1, -0.05) is 48.5 Å². The van der Waals surface area contributed by atoms with Crippen LogP contribution in [-0.4, -0.2) is 37.5 Å². The molecule has 1 aliphatic rings. The predicted octanol–water partition coefficient (Wildman–Crippen LogP) is 3.35. The first kappa shape index (κ1) is 18.6. The second kappa shape index (κ2) is 8.01. The number of rotatable bonds is 5. The van der Waals surface area contributed by atoms with Gasteiger partial charge in [-0.25, -0.2) is 12.7 Å². The minimum Gasteiger partial charge on any atom is -0.325 e. The van der Waals surface area contributed by atoms with Crippen molar-refractivity contribution >= 4 is 21.6 Å². The van der Waals surface area contributed by atoms with Crippen LogP contribution in [0.2, 0.25) is 0 Å². The Morgan fingerprint density at radius 1 is 1.12 bits per heavy atom. The molecule has 1 fully saturated rings. The van der Waals surface area contributed by atoms with E-state index in [-0.39, 0.29) is 24.1 Å². The number of para-hydroxylation sites is 1. The summed E-state index contributed by atoms with van der Waals surface area (Å²) >= 11 is 0. The van der Waals surface area contributed by atoms with E-state index in [0.717, 1.165) is 16.8 Å². The number of carbonyl (C=O) groups excluding carboxylic acids is 1. The highest BCUT2D eigenvalue weighted by Crippen LogP contribution is 2.29. The number of hydrogen-bond acceptors (Lipinski definition) is 3. The quantitative estimate of drug-likeness (QED) is 0.875. The number of amides is 1. The summed E-state index contributed by atoms with van der Waals surface area (Å²) in [5.41, 5.74) is 2.73. The average molecular weight is 372 g/mol. The van der Waals surface area contributed by atoms with Crippen molar-refractivity contribution < 1.29 is 13.2 Å². The van der Waals surface area contributed by atoms with E-state index in [1.165, 1.54) is 4.31 Å². The molecule has 6 heteroatoms. The summed E-state index contributed by atoms with van der Waals surface area (Å²) in [4.78, 5) is 12.8. The minimum atomic E-state index is -3.26. The van der Waals surface area contributed by atoms with Gasteiger partial charge in [0, 0.05) is 24.3 Å². The molecular formula is C20H24N2O3S. The van der Waals surface area contributed by atoms with Crippen LogP contribution < -0.4 is 5.32 Å². The zero-order valence-corrected chi connectivity index (χ0v) is 15.7. The van der Waals surface area contributed by atoms with Crippen molar-refractivity contribution in [3.63, 3.8) is 0 Å². The number of hydrogen-bond donors (Lipinski definition) is 1. The Hall–Kier alpha value is -2.18. The number of anilines is 1. The molecule has 2 aromatic carbocycles. The second-order valence-corrected chi connectivity index (χ2v) is 8.76. The van der Waals surface area contributed by atoms with Gasteiger partial charge in [0.05, 0.1) is 11.7 Å². The number of piperidine rings is 1. The summed E-state index contributed by atoms with van der Waals surface area (Å²) in [5.74, 6) is -0.378. The molecule has 0 aromatic heterocycles. The van der Waals surface area contributed by atoms with Gasteiger partial charge >= 0.3 is 0 Å². The summed E-state index contributed by atoms with van der Waals surface area (Å²) in [6, 6.07) is 17.6. The molecule has 1 atom stereocenters. The summed E-state index contributed by atoms with van der Waals surface area (Å²) in [6.45, 7) is 2.39. The fourth-order valence-electron chi connectivity index (χ4n) is 3.29. The molecule has 1 heterocycles. The number of nitrogens with one attached hydrogen (secondary N) is 1. The molecule has 1 aliphatic heterocycles. The molecule has 0 radical (unpaired) electrons. The van der Waals surface area contributed by atoms with Crippen molar-refractivity contribution in [3.05, 3.63) is 54.6 Å². The Bertz CT molecular complexity index is 866. The Labute approximate surface area is 155 Å². The van der Waals surface area contributed by atoms with Crippen molar-refractivity contribution in [3.8, 4) is 11.1 Å². The van der Waals surface area contributed by atoms with E-state index in [4.69, 9.17) is 0 Å². The van der Waals surface area contributed by atoms with Gasteiger partial charge in [-0.2, -0.15) is 0 Å². The van der Waals surface area contributed by atoms with Crippen molar-refractivity contribution in [1.82, 2.24) is 4.31 Å². The molecule has 1 saturated heterocycles. The molecular weight excluding hydrogens is 348 g/mol. The van der Waals surface area contributed by atoms with Gasteiger partial charge in [-0.3, -0.25) is 4.79 Å². The first-order chi connectivity index (χ1) is 12.5. The lowest BCUT2D eigenvalue weighted by Gasteiger charge is -2.31. The highest BCUT2D eigenvalue weighted by atomic mass is 32.2. The molecule has 2 aromatic rings. The highest BCUT2D eigenvalue weighted by molar-refractivity contribution is 7.89. The smallest absolute Gasteiger partial charge is 0.228 e. The van der Waals surface area contributed by atoms with Gasteiger partial charge in [-0.15, -0.1) is 0 Å². The molecule has 138 valence electrons. The van der Waals surface area contributed by atoms with Gasteiger partial charge in [0.15, 0.2) is 0 Å². The third-order valence-electron chi connectivity index (χ3n) is 4.78. The molecule has 1 N–H and O–H groups in total. The van der Waals surface area contributed by atoms with E-state index in [0.29, 0.717) is 19.4 Å². The zero-order valence-electron chi connectivity index (χ0n) is 14.9. The number of nitrogens with zero attached hydrogens (tertiary/aromatic N) is 1. The van der Waals surface area contributed by atoms with Gasteiger partial charge < -0.3 is 5.32 Å². The van der Waals surface area contributed by atoms with Gasteiger partial charge in [0.1, 0.15) is 0 Å². The molecule has 3 rings (SSSR count). The lowest BCUT2D eigenvalue weighted by molar-refractivity contribution is -0.120. The lowest BCUT2D eigenvalue weighted by Crippen LogP contribution is -2.44. The Morgan fingerprint density at radius 2 is 1.81 bits per heavy atom. The molecule has 5 nitrogen and oxygen atoms in total. The Kier molecular flexibility index (Phi) is 5.74. The molecule has 0 aliphatic carbocycles. The number of carbonyl (C=O) groups is 1. The third kappa shape index (κ3) is 4.14. The first-order valence-corrected chi connectivity index (χ1v) is 10.6. The van der Waals surface area contributed by atoms with Crippen LogP contribution in [-0.2, 0) is 14.8 Å². The maximum atomic E-state index is 12.8. The Morgan fingerprint density at radius 3 is 2.54 bits per heavy atom. The van der Waals surface area contributed by atoms with Crippen molar-refractivity contribution in [2.24, 2.45) is 5.92 Å². The molecule has 0 bridgehead atoms. The van der Waals surface area contributed by atoms with E-state index in [1.807, 2.05) is 54.6 Å². The molecule has 0 saturated carbocycles. The van der Waals surface area contributed by atoms with Gasteiger partial charge in [0.25, 0.3) is 0 Å². The zero-order chi connectivity index (χ0) is 18.6. The highest BCUT2D eigenvalue weighted by Gasteiger charge is 2.31. The molecule has 1 amide bonds. The summed E-state index contributed by atoms with van der Waals surface area (Å²) < 4.78 is 25.7. The van der Waals surface area contributed by atoms with Crippen LogP contribution in [0.25, 0.3) is 11.1 Å². The summed E-state index contributed by atoms with van der Waals surface area (Å²) in [6.07, 6.45) is 1.41. The second-order valence-electron chi connectivity index (χ2n) is 6.50. The van der Waals surface area contributed by atoms with Crippen LogP contribution in [0, 0.1) is 5.92 Å². The SMILES string of the molecule is CCS(=O)(=O)N1CCC[C@@H](C(=O)Nc2ccccc2-c2ccccc2)C1. The first-order valence-electron chi connectivity index (χ1n) is 8.94. The van der Waals surface area contributed by atoms with Crippen molar-refractivity contribution in [1.29, 1.82) is 0 Å². The average Bonchev–Trinajstić information content (AvgIpc) is 2.69. The third-order valence-corrected chi connectivity index (χ3v) is 6.63. The van der Waals surface area contributed by atoms with Crippen LogP contribution in [0.5, 0.6) is 0 Å². The minimum absolute atomic E-state index is 0.0676.